The number of hydrogen-bond donors (Lipinski definition) is 1. The molecule has 0 spiro atoms. The maximum Gasteiger partial charge on any atom is 0.288 e. The molecular formula is C18H25N5O2S. The molecule has 3 heterocycles. The first-order chi connectivity index (χ1) is 12.6. The molecule has 0 bridgehead atoms. The topological polar surface area (TPSA) is 79.6 Å². The van der Waals surface area contributed by atoms with Gasteiger partial charge in [0.25, 0.3) is 11.5 Å². The van der Waals surface area contributed by atoms with Gasteiger partial charge in [-0.1, -0.05) is 37.5 Å². The van der Waals surface area contributed by atoms with E-state index in [2.05, 4.69) is 27.2 Å². The SMILES string of the molecule is C[C@H]1CCCN(c2nn3c(=O)c(C(=O)NC4CCCCC4)cnc3s2)C1. The summed E-state index contributed by atoms with van der Waals surface area (Å²) < 4.78 is 1.29. The summed E-state index contributed by atoms with van der Waals surface area (Å²) in [5.74, 6) is 0.294. The lowest BCUT2D eigenvalue weighted by molar-refractivity contribution is 0.0925. The quantitative estimate of drug-likeness (QED) is 0.891. The van der Waals surface area contributed by atoms with Crippen molar-refractivity contribution in [1.82, 2.24) is 19.9 Å². The monoisotopic (exact) mass is 375 g/mol. The second-order valence-electron chi connectivity index (χ2n) is 7.56. The minimum Gasteiger partial charge on any atom is -0.349 e. The van der Waals surface area contributed by atoms with Crippen LogP contribution in [0.1, 0.15) is 62.2 Å². The smallest absolute Gasteiger partial charge is 0.288 e. The highest BCUT2D eigenvalue weighted by Gasteiger charge is 2.23. The normalized spacial score (nSPS) is 21.9. The molecule has 0 aromatic carbocycles. The summed E-state index contributed by atoms with van der Waals surface area (Å²) in [6.07, 6.45) is 9.21. The molecule has 1 amide bonds. The third kappa shape index (κ3) is 3.47. The van der Waals surface area contributed by atoms with Gasteiger partial charge in [0.05, 0.1) is 0 Å². The van der Waals surface area contributed by atoms with Gasteiger partial charge >= 0.3 is 0 Å². The summed E-state index contributed by atoms with van der Waals surface area (Å²) >= 11 is 1.41. The van der Waals surface area contributed by atoms with Crippen LogP contribution in [0.25, 0.3) is 4.96 Å². The molecule has 7 nitrogen and oxygen atoms in total. The summed E-state index contributed by atoms with van der Waals surface area (Å²) in [5, 5.41) is 8.27. The number of hydrogen-bond acceptors (Lipinski definition) is 6. The summed E-state index contributed by atoms with van der Waals surface area (Å²) in [6.45, 7) is 4.13. The van der Waals surface area contributed by atoms with Crippen LogP contribution in [0.2, 0.25) is 0 Å². The lowest BCUT2D eigenvalue weighted by Gasteiger charge is -2.30. The number of carbonyl (C=O) groups is 1. The Balaban J connectivity index is 1.58. The number of amides is 1. The molecular weight excluding hydrogens is 350 g/mol. The first kappa shape index (κ1) is 17.5. The van der Waals surface area contributed by atoms with Gasteiger partial charge in [-0.25, -0.2) is 4.98 Å². The zero-order chi connectivity index (χ0) is 18.1. The third-order valence-electron chi connectivity index (χ3n) is 5.39. The first-order valence-corrected chi connectivity index (χ1v) is 10.4. The summed E-state index contributed by atoms with van der Waals surface area (Å²) in [7, 11) is 0. The van der Waals surface area contributed by atoms with Crippen LogP contribution >= 0.6 is 11.3 Å². The number of piperidine rings is 1. The van der Waals surface area contributed by atoms with Crippen molar-refractivity contribution in [3.05, 3.63) is 22.1 Å². The van der Waals surface area contributed by atoms with Gasteiger partial charge in [-0.2, -0.15) is 4.52 Å². The highest BCUT2D eigenvalue weighted by Crippen LogP contribution is 2.26. The predicted octanol–water partition coefficient (Wildman–Crippen LogP) is 2.45. The number of anilines is 1. The Labute approximate surface area is 156 Å². The molecule has 1 atom stereocenters. The minimum atomic E-state index is -0.379. The van der Waals surface area contributed by atoms with Crippen molar-refractivity contribution >= 4 is 27.3 Å². The number of nitrogens with one attached hydrogen (secondary N) is 1. The molecule has 2 fully saturated rings. The van der Waals surface area contributed by atoms with Crippen molar-refractivity contribution in [1.29, 1.82) is 0 Å². The third-order valence-corrected chi connectivity index (χ3v) is 6.37. The van der Waals surface area contributed by atoms with E-state index in [1.807, 2.05) is 0 Å². The van der Waals surface area contributed by atoms with E-state index in [4.69, 9.17) is 0 Å². The van der Waals surface area contributed by atoms with Gasteiger partial charge in [0.1, 0.15) is 5.56 Å². The van der Waals surface area contributed by atoms with Gasteiger partial charge in [-0.05, 0) is 31.6 Å². The predicted molar refractivity (Wildman–Crippen MR) is 102 cm³/mol. The standard InChI is InChI=1S/C18H25N5O2S/c1-12-6-5-9-22(11-12)18-21-23-16(25)14(10-19-17(23)26-18)15(24)20-13-7-3-2-4-8-13/h10,12-13H,2-9,11H2,1H3,(H,20,24)/t12-/m0/s1. The fourth-order valence-corrected chi connectivity index (χ4v) is 4.83. The largest absolute Gasteiger partial charge is 0.349 e. The minimum absolute atomic E-state index is 0.0805. The zero-order valence-corrected chi connectivity index (χ0v) is 15.9. The van der Waals surface area contributed by atoms with Crippen molar-refractivity contribution in [2.24, 2.45) is 5.92 Å². The van der Waals surface area contributed by atoms with E-state index in [9.17, 15) is 9.59 Å². The Morgan fingerprint density at radius 1 is 1.23 bits per heavy atom. The Hall–Kier alpha value is -1.96. The lowest BCUT2D eigenvalue weighted by Crippen LogP contribution is -2.39. The van der Waals surface area contributed by atoms with Crippen molar-refractivity contribution < 1.29 is 4.79 Å². The molecule has 1 N–H and O–H groups in total. The fourth-order valence-electron chi connectivity index (χ4n) is 3.93. The molecule has 4 rings (SSSR count). The van der Waals surface area contributed by atoms with Crippen molar-refractivity contribution in [3.63, 3.8) is 0 Å². The van der Waals surface area contributed by atoms with Crippen LogP contribution in [-0.4, -0.2) is 39.6 Å². The van der Waals surface area contributed by atoms with Crippen molar-refractivity contribution in [2.75, 3.05) is 18.0 Å². The second-order valence-corrected chi connectivity index (χ2v) is 8.49. The fraction of sp³-hybridized carbons (Fsp3) is 0.667. The van der Waals surface area contributed by atoms with Crippen LogP contribution < -0.4 is 15.8 Å². The van der Waals surface area contributed by atoms with Crippen LogP contribution in [0, 0.1) is 5.92 Å². The number of nitrogens with zero attached hydrogens (tertiary/aromatic N) is 4. The van der Waals surface area contributed by atoms with Gasteiger partial charge in [0.2, 0.25) is 10.1 Å². The molecule has 8 heteroatoms. The van der Waals surface area contributed by atoms with Gasteiger partial charge in [0.15, 0.2) is 0 Å². The van der Waals surface area contributed by atoms with E-state index in [1.54, 1.807) is 0 Å². The Bertz CT molecular complexity index is 855. The zero-order valence-electron chi connectivity index (χ0n) is 15.1. The number of carbonyl (C=O) groups excluding carboxylic acids is 1. The molecule has 1 saturated carbocycles. The summed E-state index contributed by atoms with van der Waals surface area (Å²) in [5.41, 5.74) is -0.298. The molecule has 26 heavy (non-hydrogen) atoms. The van der Waals surface area contributed by atoms with Gasteiger partial charge in [-0.15, -0.1) is 5.10 Å². The summed E-state index contributed by atoms with van der Waals surface area (Å²) in [4.78, 5) is 32.4. The van der Waals surface area contributed by atoms with E-state index in [1.165, 1.54) is 34.9 Å². The highest BCUT2D eigenvalue weighted by atomic mass is 32.1. The molecule has 2 aliphatic rings. The molecule has 1 saturated heterocycles. The lowest BCUT2D eigenvalue weighted by atomic mass is 9.95. The average Bonchev–Trinajstić information content (AvgIpc) is 3.08. The maximum atomic E-state index is 12.8. The van der Waals surface area contributed by atoms with E-state index >= 15 is 0 Å². The van der Waals surface area contributed by atoms with Gasteiger partial charge in [0, 0.05) is 25.3 Å². The molecule has 140 valence electrons. The first-order valence-electron chi connectivity index (χ1n) is 9.56. The van der Waals surface area contributed by atoms with Gasteiger partial charge < -0.3 is 10.2 Å². The Morgan fingerprint density at radius 3 is 2.81 bits per heavy atom. The number of fused-ring (bicyclic) bond motifs is 1. The van der Waals surface area contributed by atoms with E-state index in [0.29, 0.717) is 10.9 Å². The molecule has 2 aromatic heterocycles. The molecule has 1 aliphatic heterocycles. The molecule has 0 radical (unpaired) electrons. The van der Waals surface area contributed by atoms with Crippen molar-refractivity contribution in [3.8, 4) is 0 Å². The second kappa shape index (κ2) is 7.34. The Morgan fingerprint density at radius 2 is 2.04 bits per heavy atom. The number of rotatable bonds is 3. The van der Waals surface area contributed by atoms with Crippen LogP contribution in [0.15, 0.2) is 11.0 Å². The van der Waals surface area contributed by atoms with Crippen LogP contribution in [0.4, 0.5) is 5.13 Å². The molecule has 2 aromatic rings. The van der Waals surface area contributed by atoms with Crippen LogP contribution in [0.3, 0.4) is 0 Å². The molecule has 1 aliphatic carbocycles. The van der Waals surface area contributed by atoms with E-state index in [0.717, 1.165) is 50.3 Å². The highest BCUT2D eigenvalue weighted by molar-refractivity contribution is 7.20. The molecule has 0 unspecified atom stereocenters. The Kier molecular flexibility index (Phi) is 4.93. The van der Waals surface area contributed by atoms with E-state index < -0.39 is 0 Å². The van der Waals surface area contributed by atoms with Gasteiger partial charge in [-0.3, -0.25) is 9.59 Å². The maximum absolute atomic E-state index is 12.8. The van der Waals surface area contributed by atoms with Crippen LogP contribution in [-0.2, 0) is 0 Å². The number of aromatic nitrogens is 3. The van der Waals surface area contributed by atoms with Crippen LogP contribution in [0.5, 0.6) is 0 Å². The average molecular weight is 375 g/mol. The summed E-state index contributed by atoms with van der Waals surface area (Å²) in [6, 6.07) is 0.164. The van der Waals surface area contributed by atoms with E-state index in [-0.39, 0.29) is 23.1 Å². The van der Waals surface area contributed by atoms with Crippen molar-refractivity contribution in [2.45, 2.75) is 57.9 Å².